The molecule has 78 valence electrons. The molecule has 0 aliphatic heterocycles. The van der Waals surface area contributed by atoms with Crippen LogP contribution in [0.4, 0.5) is 0 Å². The van der Waals surface area contributed by atoms with Gasteiger partial charge in [0.2, 0.25) is 0 Å². The van der Waals surface area contributed by atoms with Gasteiger partial charge in [-0.05, 0) is 30.6 Å². The molecule has 0 aromatic heterocycles. The Bertz CT molecular complexity index is 130. The molecular weight excluding hydrogens is 160 g/mol. The lowest BCUT2D eigenvalue weighted by Crippen LogP contribution is -2.30. The van der Waals surface area contributed by atoms with Crippen LogP contribution in [0.5, 0.6) is 0 Å². The van der Waals surface area contributed by atoms with Gasteiger partial charge in [0, 0.05) is 6.61 Å². The van der Waals surface area contributed by atoms with E-state index in [9.17, 15) is 5.11 Å². The summed E-state index contributed by atoms with van der Waals surface area (Å²) < 4.78 is 0. The molecule has 1 nitrogen and oxygen atoms in total. The van der Waals surface area contributed by atoms with Crippen molar-refractivity contribution in [2.24, 2.45) is 11.3 Å². The fourth-order valence-corrected chi connectivity index (χ4v) is 2.51. The van der Waals surface area contributed by atoms with E-state index in [-0.39, 0.29) is 5.41 Å². The summed E-state index contributed by atoms with van der Waals surface area (Å²) in [5.74, 6) is 0.769. The van der Waals surface area contributed by atoms with Crippen LogP contribution >= 0.6 is 0 Å². The minimum absolute atomic E-state index is 0.199. The van der Waals surface area contributed by atoms with E-state index in [0.29, 0.717) is 6.61 Å². The maximum Gasteiger partial charge on any atom is 0.0487 e. The van der Waals surface area contributed by atoms with Crippen LogP contribution in [0.2, 0.25) is 0 Å². The Morgan fingerprint density at radius 2 is 1.69 bits per heavy atom. The van der Waals surface area contributed by atoms with Crippen LogP contribution in [0.1, 0.15) is 58.8 Å². The zero-order valence-corrected chi connectivity index (χ0v) is 9.18. The summed E-state index contributed by atoms with van der Waals surface area (Å²) in [7, 11) is 0. The van der Waals surface area contributed by atoms with Crippen LogP contribution in [0.15, 0.2) is 0 Å². The molecule has 1 aliphatic carbocycles. The summed E-state index contributed by atoms with van der Waals surface area (Å²) in [6.07, 6.45) is 9.36. The van der Waals surface area contributed by atoms with E-state index in [4.69, 9.17) is 0 Å². The summed E-state index contributed by atoms with van der Waals surface area (Å²) in [5.41, 5.74) is 0.199. The zero-order valence-electron chi connectivity index (χ0n) is 9.18. The van der Waals surface area contributed by atoms with Gasteiger partial charge in [0.05, 0.1) is 0 Å². The van der Waals surface area contributed by atoms with Gasteiger partial charge in [-0.3, -0.25) is 0 Å². The molecule has 1 aliphatic rings. The van der Waals surface area contributed by atoms with Crippen molar-refractivity contribution in [3.8, 4) is 0 Å². The van der Waals surface area contributed by atoms with E-state index in [1.54, 1.807) is 0 Å². The van der Waals surface area contributed by atoms with Crippen LogP contribution in [0.3, 0.4) is 0 Å². The van der Waals surface area contributed by atoms with Gasteiger partial charge in [-0.15, -0.1) is 0 Å². The first-order chi connectivity index (χ1) is 6.23. The number of aliphatic hydroxyl groups is 1. The third-order valence-electron chi connectivity index (χ3n) is 4.01. The van der Waals surface area contributed by atoms with Gasteiger partial charge in [-0.25, -0.2) is 0 Å². The first-order valence-electron chi connectivity index (χ1n) is 5.84. The molecule has 1 rings (SSSR count). The fourth-order valence-electron chi connectivity index (χ4n) is 2.51. The largest absolute Gasteiger partial charge is 0.396 e. The second kappa shape index (κ2) is 4.99. The van der Waals surface area contributed by atoms with Crippen LogP contribution in [-0.2, 0) is 0 Å². The highest BCUT2D eigenvalue weighted by molar-refractivity contribution is 4.82. The Labute approximate surface area is 82.5 Å². The first kappa shape index (κ1) is 11.0. The average molecular weight is 184 g/mol. The fraction of sp³-hybridized carbons (Fsp3) is 1.00. The van der Waals surface area contributed by atoms with E-state index in [0.717, 1.165) is 12.3 Å². The van der Waals surface area contributed by atoms with Gasteiger partial charge in [-0.2, -0.15) is 0 Å². The number of rotatable bonds is 3. The molecule has 0 radical (unpaired) electrons. The van der Waals surface area contributed by atoms with Crippen molar-refractivity contribution in [2.45, 2.75) is 58.8 Å². The van der Waals surface area contributed by atoms with Crippen molar-refractivity contribution in [1.82, 2.24) is 0 Å². The molecule has 0 aromatic rings. The van der Waals surface area contributed by atoms with Crippen molar-refractivity contribution < 1.29 is 5.11 Å². The Balaban J connectivity index is 2.55. The number of aliphatic hydroxyl groups excluding tert-OH is 1. The first-order valence-corrected chi connectivity index (χ1v) is 5.84. The maximum atomic E-state index is 9.43. The molecule has 13 heavy (non-hydrogen) atoms. The summed E-state index contributed by atoms with van der Waals surface area (Å²) in [6.45, 7) is 4.83. The molecule has 0 heterocycles. The highest BCUT2D eigenvalue weighted by atomic mass is 16.3. The lowest BCUT2D eigenvalue weighted by molar-refractivity contribution is 0.0651. The van der Waals surface area contributed by atoms with E-state index in [2.05, 4.69) is 13.8 Å². The third kappa shape index (κ3) is 2.70. The monoisotopic (exact) mass is 184 g/mol. The minimum Gasteiger partial charge on any atom is -0.396 e. The molecular formula is C12H24O. The summed E-state index contributed by atoms with van der Waals surface area (Å²) in [4.78, 5) is 0. The lowest BCUT2D eigenvalue weighted by Gasteiger charge is -2.35. The van der Waals surface area contributed by atoms with Crippen LogP contribution in [0, 0.1) is 11.3 Å². The van der Waals surface area contributed by atoms with Gasteiger partial charge >= 0.3 is 0 Å². The molecule has 0 aromatic carbocycles. The highest BCUT2D eigenvalue weighted by Crippen LogP contribution is 2.39. The number of hydrogen-bond acceptors (Lipinski definition) is 1. The molecule has 0 spiro atoms. The Kier molecular flexibility index (Phi) is 4.24. The van der Waals surface area contributed by atoms with E-state index < -0.39 is 0 Å². The smallest absolute Gasteiger partial charge is 0.0487 e. The predicted octanol–water partition coefficient (Wildman–Crippen LogP) is 3.37. The van der Waals surface area contributed by atoms with Crippen molar-refractivity contribution in [3.05, 3.63) is 0 Å². The van der Waals surface area contributed by atoms with Crippen LogP contribution < -0.4 is 0 Å². The molecule has 1 unspecified atom stereocenters. The molecule has 1 heteroatoms. The average Bonchev–Trinajstić information content (AvgIpc) is 2.45. The molecule has 0 bridgehead atoms. The van der Waals surface area contributed by atoms with E-state index >= 15 is 0 Å². The summed E-state index contributed by atoms with van der Waals surface area (Å²) in [5, 5.41) is 9.43. The predicted molar refractivity (Wildman–Crippen MR) is 56.7 cm³/mol. The second-order valence-electron chi connectivity index (χ2n) is 4.85. The zero-order chi connectivity index (χ0) is 9.73. The van der Waals surface area contributed by atoms with Crippen molar-refractivity contribution in [3.63, 3.8) is 0 Å². The van der Waals surface area contributed by atoms with Crippen molar-refractivity contribution in [2.75, 3.05) is 6.61 Å². The van der Waals surface area contributed by atoms with Gasteiger partial charge < -0.3 is 5.11 Å². The van der Waals surface area contributed by atoms with E-state index in [1.807, 2.05) is 0 Å². The van der Waals surface area contributed by atoms with Crippen LogP contribution in [0.25, 0.3) is 0 Å². The minimum atomic E-state index is 0.199. The van der Waals surface area contributed by atoms with Crippen LogP contribution in [-0.4, -0.2) is 11.7 Å². The summed E-state index contributed by atoms with van der Waals surface area (Å²) in [6, 6.07) is 0. The second-order valence-corrected chi connectivity index (χ2v) is 4.85. The standard InChI is InChI=1S/C12H24O/c1-3-12(2,10-13)11-8-6-4-5-7-9-11/h11,13H,3-10H2,1-2H3. The molecule has 1 N–H and O–H groups in total. The van der Waals surface area contributed by atoms with Gasteiger partial charge in [0.15, 0.2) is 0 Å². The van der Waals surface area contributed by atoms with Gasteiger partial charge in [0.1, 0.15) is 0 Å². The Morgan fingerprint density at radius 3 is 2.08 bits per heavy atom. The maximum absolute atomic E-state index is 9.43. The van der Waals surface area contributed by atoms with Gasteiger partial charge in [0.25, 0.3) is 0 Å². The lowest BCUT2D eigenvalue weighted by atomic mass is 9.72. The Morgan fingerprint density at radius 1 is 1.15 bits per heavy atom. The number of hydrogen-bond donors (Lipinski definition) is 1. The molecule has 0 saturated heterocycles. The normalized spacial score (nSPS) is 25.2. The quantitative estimate of drug-likeness (QED) is 0.667. The third-order valence-corrected chi connectivity index (χ3v) is 4.01. The highest BCUT2D eigenvalue weighted by Gasteiger charge is 2.31. The Hall–Kier alpha value is -0.0400. The SMILES string of the molecule is CCC(C)(CO)C1CCCCCC1. The van der Waals surface area contributed by atoms with E-state index in [1.165, 1.54) is 38.5 Å². The molecule has 0 amide bonds. The molecule has 1 fully saturated rings. The van der Waals surface area contributed by atoms with Crippen molar-refractivity contribution >= 4 is 0 Å². The topological polar surface area (TPSA) is 20.2 Å². The molecule has 1 saturated carbocycles. The molecule has 1 atom stereocenters. The van der Waals surface area contributed by atoms with Gasteiger partial charge in [-0.1, -0.05) is 39.5 Å². The summed E-state index contributed by atoms with van der Waals surface area (Å²) >= 11 is 0. The van der Waals surface area contributed by atoms with Crippen molar-refractivity contribution in [1.29, 1.82) is 0 Å².